The smallest absolute Gasteiger partial charge is 0.191 e. The molecule has 7 heteroatoms. The summed E-state index contributed by atoms with van der Waals surface area (Å²) in [7, 11) is 0. The fourth-order valence-corrected chi connectivity index (χ4v) is 2.42. The zero-order valence-electron chi connectivity index (χ0n) is 16.1. The molecule has 1 rings (SSSR count). The van der Waals surface area contributed by atoms with Crippen molar-refractivity contribution in [3.8, 4) is 0 Å². The third-order valence-electron chi connectivity index (χ3n) is 3.79. The van der Waals surface area contributed by atoms with Crippen LogP contribution >= 0.6 is 24.0 Å². The van der Waals surface area contributed by atoms with Gasteiger partial charge < -0.3 is 24.8 Å². The maximum absolute atomic E-state index is 5.65. The van der Waals surface area contributed by atoms with E-state index in [1.54, 1.807) is 0 Å². The Bertz CT molecular complexity index is 314. The van der Waals surface area contributed by atoms with Crippen LogP contribution < -0.4 is 10.6 Å². The lowest BCUT2D eigenvalue weighted by Gasteiger charge is -2.12. The molecule has 25 heavy (non-hydrogen) atoms. The Balaban J connectivity index is 0.00000576. The molecule has 1 aliphatic rings. The van der Waals surface area contributed by atoms with E-state index >= 15 is 0 Å². The zero-order chi connectivity index (χ0) is 17.3. The van der Waals surface area contributed by atoms with Crippen molar-refractivity contribution in [1.29, 1.82) is 0 Å². The van der Waals surface area contributed by atoms with Crippen LogP contribution in [0.3, 0.4) is 0 Å². The predicted molar refractivity (Wildman–Crippen MR) is 114 cm³/mol. The second-order valence-corrected chi connectivity index (χ2v) is 6.07. The Morgan fingerprint density at radius 1 is 1.08 bits per heavy atom. The fourth-order valence-electron chi connectivity index (χ4n) is 2.42. The van der Waals surface area contributed by atoms with Gasteiger partial charge in [0.2, 0.25) is 0 Å². The molecule has 0 spiro atoms. The lowest BCUT2D eigenvalue weighted by atomic mass is 10.2. The summed E-state index contributed by atoms with van der Waals surface area (Å²) in [6.45, 7) is 10.8. The highest BCUT2D eigenvalue weighted by Crippen LogP contribution is 2.11. The van der Waals surface area contributed by atoms with Gasteiger partial charge in [0.05, 0.1) is 12.7 Å². The lowest BCUT2D eigenvalue weighted by Crippen LogP contribution is -2.38. The largest absolute Gasteiger partial charge is 0.381 e. The van der Waals surface area contributed by atoms with Gasteiger partial charge in [0, 0.05) is 46.1 Å². The normalized spacial score (nSPS) is 17.4. The third-order valence-corrected chi connectivity index (χ3v) is 3.79. The number of unbranched alkanes of at least 4 members (excludes halogenated alkanes) is 1. The van der Waals surface area contributed by atoms with Crippen LogP contribution in [-0.4, -0.2) is 64.7 Å². The minimum atomic E-state index is 0. The molecule has 0 aromatic rings. The highest BCUT2D eigenvalue weighted by Gasteiger charge is 2.14. The number of nitrogens with zero attached hydrogens (tertiary/aromatic N) is 1. The second kappa shape index (κ2) is 18.7. The van der Waals surface area contributed by atoms with Crippen LogP contribution in [0.15, 0.2) is 4.99 Å². The van der Waals surface area contributed by atoms with Crippen LogP contribution in [0.2, 0.25) is 0 Å². The minimum Gasteiger partial charge on any atom is -0.381 e. The van der Waals surface area contributed by atoms with Crippen molar-refractivity contribution < 1.29 is 14.2 Å². The van der Waals surface area contributed by atoms with E-state index in [0.29, 0.717) is 6.10 Å². The molecule has 0 bridgehead atoms. The first kappa shape index (κ1) is 24.9. The van der Waals surface area contributed by atoms with Crippen LogP contribution in [0.1, 0.15) is 52.4 Å². The summed E-state index contributed by atoms with van der Waals surface area (Å²) in [6, 6.07) is 0. The molecular formula is C18H38IN3O3. The molecule has 2 N–H and O–H groups in total. The Morgan fingerprint density at radius 2 is 1.88 bits per heavy atom. The van der Waals surface area contributed by atoms with Gasteiger partial charge in [0.15, 0.2) is 5.96 Å². The summed E-state index contributed by atoms with van der Waals surface area (Å²) in [6.07, 6.45) is 6.88. The van der Waals surface area contributed by atoms with E-state index in [0.717, 1.165) is 84.3 Å². The topological polar surface area (TPSA) is 64.1 Å². The zero-order valence-corrected chi connectivity index (χ0v) is 18.4. The average Bonchev–Trinajstić information content (AvgIpc) is 3.10. The van der Waals surface area contributed by atoms with E-state index in [9.17, 15) is 0 Å². The molecule has 150 valence electrons. The van der Waals surface area contributed by atoms with E-state index in [-0.39, 0.29) is 24.0 Å². The van der Waals surface area contributed by atoms with Gasteiger partial charge in [0.1, 0.15) is 0 Å². The van der Waals surface area contributed by atoms with Crippen molar-refractivity contribution in [2.24, 2.45) is 4.99 Å². The number of aliphatic imine (C=N–C) groups is 1. The quantitative estimate of drug-likeness (QED) is 0.177. The standard InChI is InChI=1S/C18H37N3O3.HI/c1-3-5-12-22-13-7-10-20-18(19-4-2)21-11-8-14-23-16-17-9-6-15-24-17;/h17H,3-16H2,1-2H3,(H2,19,20,21);1H. The van der Waals surface area contributed by atoms with E-state index in [1.807, 2.05) is 0 Å². The Kier molecular flexibility index (Phi) is 18.6. The molecule has 1 atom stereocenters. The molecule has 0 radical (unpaired) electrons. The number of hydrogen-bond donors (Lipinski definition) is 2. The average molecular weight is 471 g/mol. The first-order chi connectivity index (χ1) is 11.9. The van der Waals surface area contributed by atoms with Crippen LogP contribution in [0.4, 0.5) is 0 Å². The fraction of sp³-hybridized carbons (Fsp3) is 0.944. The molecule has 1 unspecified atom stereocenters. The molecule has 6 nitrogen and oxygen atoms in total. The van der Waals surface area contributed by atoms with Gasteiger partial charge in [-0.1, -0.05) is 13.3 Å². The molecule has 0 saturated carbocycles. The van der Waals surface area contributed by atoms with Crippen LogP contribution in [-0.2, 0) is 14.2 Å². The molecule has 0 aliphatic carbocycles. The van der Waals surface area contributed by atoms with Crippen molar-refractivity contribution >= 4 is 29.9 Å². The van der Waals surface area contributed by atoms with Crippen molar-refractivity contribution in [3.05, 3.63) is 0 Å². The molecule has 0 amide bonds. The summed E-state index contributed by atoms with van der Waals surface area (Å²) >= 11 is 0. The Hall–Kier alpha value is -0.120. The van der Waals surface area contributed by atoms with Gasteiger partial charge in [-0.3, -0.25) is 4.99 Å². The molecule has 0 aromatic carbocycles. The van der Waals surface area contributed by atoms with E-state index in [2.05, 4.69) is 29.5 Å². The van der Waals surface area contributed by atoms with E-state index in [4.69, 9.17) is 14.2 Å². The first-order valence-corrected chi connectivity index (χ1v) is 9.66. The second-order valence-electron chi connectivity index (χ2n) is 6.07. The summed E-state index contributed by atoms with van der Waals surface area (Å²) in [5.41, 5.74) is 0. The highest BCUT2D eigenvalue weighted by molar-refractivity contribution is 14.0. The molecular weight excluding hydrogens is 433 g/mol. The number of ether oxygens (including phenoxy) is 3. The minimum absolute atomic E-state index is 0. The Labute approximate surface area is 170 Å². The highest BCUT2D eigenvalue weighted by atomic mass is 127. The first-order valence-electron chi connectivity index (χ1n) is 9.66. The van der Waals surface area contributed by atoms with Crippen LogP contribution in [0, 0.1) is 0 Å². The van der Waals surface area contributed by atoms with Gasteiger partial charge in [-0.2, -0.15) is 0 Å². The number of halogens is 1. The number of nitrogens with one attached hydrogen (secondary N) is 2. The van der Waals surface area contributed by atoms with Gasteiger partial charge in [0.25, 0.3) is 0 Å². The van der Waals surface area contributed by atoms with Crippen molar-refractivity contribution in [2.45, 2.75) is 58.5 Å². The number of rotatable bonds is 14. The van der Waals surface area contributed by atoms with Gasteiger partial charge in [-0.05, 0) is 39.0 Å². The molecule has 0 aromatic heterocycles. The molecule has 1 saturated heterocycles. The lowest BCUT2D eigenvalue weighted by molar-refractivity contribution is 0.0171. The van der Waals surface area contributed by atoms with Crippen LogP contribution in [0.25, 0.3) is 0 Å². The monoisotopic (exact) mass is 471 g/mol. The number of guanidine groups is 1. The van der Waals surface area contributed by atoms with Crippen molar-refractivity contribution in [3.63, 3.8) is 0 Å². The predicted octanol–water partition coefficient (Wildman–Crippen LogP) is 2.95. The van der Waals surface area contributed by atoms with E-state index < -0.39 is 0 Å². The molecule has 1 fully saturated rings. The van der Waals surface area contributed by atoms with Crippen molar-refractivity contribution in [1.82, 2.24) is 10.6 Å². The van der Waals surface area contributed by atoms with Gasteiger partial charge >= 0.3 is 0 Å². The summed E-state index contributed by atoms with van der Waals surface area (Å²) in [4.78, 5) is 4.57. The van der Waals surface area contributed by atoms with E-state index in [1.165, 1.54) is 12.8 Å². The maximum atomic E-state index is 5.65. The summed E-state index contributed by atoms with van der Waals surface area (Å²) in [5, 5.41) is 6.61. The summed E-state index contributed by atoms with van der Waals surface area (Å²) in [5.74, 6) is 0.880. The summed E-state index contributed by atoms with van der Waals surface area (Å²) < 4.78 is 16.7. The van der Waals surface area contributed by atoms with Crippen LogP contribution in [0.5, 0.6) is 0 Å². The van der Waals surface area contributed by atoms with Crippen molar-refractivity contribution in [2.75, 3.05) is 52.7 Å². The van der Waals surface area contributed by atoms with Gasteiger partial charge in [-0.25, -0.2) is 0 Å². The third kappa shape index (κ3) is 14.7. The maximum Gasteiger partial charge on any atom is 0.191 e. The Morgan fingerprint density at radius 3 is 2.60 bits per heavy atom. The molecule has 1 aliphatic heterocycles. The molecule has 1 heterocycles. The number of hydrogen-bond acceptors (Lipinski definition) is 4. The SMILES string of the molecule is CCCCOCCCNC(=NCCCOCC1CCCO1)NCC.I. The van der Waals surface area contributed by atoms with Gasteiger partial charge in [-0.15, -0.1) is 24.0 Å².